The Labute approximate surface area is 108 Å². The molecule has 0 saturated carbocycles. The predicted molar refractivity (Wildman–Crippen MR) is 78.4 cm³/mol. The van der Waals surface area contributed by atoms with E-state index < -0.39 is 0 Å². The molecule has 0 N–H and O–H groups in total. The van der Waals surface area contributed by atoms with Crippen molar-refractivity contribution in [2.24, 2.45) is 5.92 Å². The van der Waals surface area contributed by atoms with Crippen LogP contribution in [0.15, 0.2) is 30.3 Å². The van der Waals surface area contributed by atoms with Crippen LogP contribution in [0.25, 0.3) is 0 Å². The molecule has 0 amide bonds. The third kappa shape index (κ3) is 10.1. The number of hydrogen-bond donors (Lipinski definition) is 0. The summed E-state index contributed by atoms with van der Waals surface area (Å²) in [5.74, 6) is 0.866. The molecule has 0 spiro atoms. The largest absolute Gasteiger partial charge is 0.309 e. The van der Waals surface area contributed by atoms with E-state index in [-0.39, 0.29) is 0 Å². The van der Waals surface area contributed by atoms with Gasteiger partial charge in [-0.1, -0.05) is 57.5 Å². The molecule has 0 aliphatic rings. The van der Waals surface area contributed by atoms with E-state index in [2.05, 4.69) is 64.0 Å². The Morgan fingerprint density at radius 2 is 1.65 bits per heavy atom. The van der Waals surface area contributed by atoms with E-state index in [0.717, 1.165) is 12.3 Å². The van der Waals surface area contributed by atoms with Gasteiger partial charge in [0, 0.05) is 6.54 Å². The van der Waals surface area contributed by atoms with Gasteiger partial charge in [0.05, 0.1) is 0 Å². The Morgan fingerprint density at radius 3 is 2.00 bits per heavy atom. The molecule has 0 fully saturated rings. The number of aryl methyl sites for hydroxylation is 1. The molecule has 1 aromatic rings. The summed E-state index contributed by atoms with van der Waals surface area (Å²) in [6.07, 6.45) is 3.81. The van der Waals surface area contributed by atoms with Crippen LogP contribution in [0.2, 0.25) is 0 Å². The van der Waals surface area contributed by atoms with Gasteiger partial charge in [-0.2, -0.15) is 0 Å². The van der Waals surface area contributed by atoms with Gasteiger partial charge in [0.1, 0.15) is 0 Å². The molecule has 0 bridgehead atoms. The monoisotopic (exact) mass is 235 g/mol. The highest BCUT2D eigenvalue weighted by atomic mass is 15.1. The summed E-state index contributed by atoms with van der Waals surface area (Å²) in [4.78, 5) is 2.25. The Morgan fingerprint density at radius 1 is 1.06 bits per heavy atom. The molecule has 0 saturated heterocycles. The number of rotatable bonds is 5. The third-order valence-electron chi connectivity index (χ3n) is 2.71. The lowest BCUT2D eigenvalue weighted by Crippen LogP contribution is -2.19. The molecule has 1 unspecified atom stereocenters. The molecule has 0 aliphatic heterocycles. The SMILES string of the molecule is CCCC(C)CN(C)C.CCc1ccccc1. The first-order valence-electron chi connectivity index (χ1n) is 6.78. The summed E-state index contributed by atoms with van der Waals surface area (Å²) in [6.45, 7) is 7.94. The molecular formula is C16H29N. The molecule has 17 heavy (non-hydrogen) atoms. The molecule has 1 heteroatoms. The average Bonchev–Trinajstić information content (AvgIpc) is 2.30. The average molecular weight is 235 g/mol. The van der Waals surface area contributed by atoms with Crippen molar-refractivity contribution in [3.63, 3.8) is 0 Å². The number of nitrogens with zero attached hydrogens (tertiary/aromatic N) is 1. The summed E-state index contributed by atoms with van der Waals surface area (Å²) in [6, 6.07) is 10.5. The quantitative estimate of drug-likeness (QED) is 0.738. The first-order chi connectivity index (χ1) is 8.10. The summed E-state index contributed by atoms with van der Waals surface area (Å²) in [5.41, 5.74) is 1.41. The lowest BCUT2D eigenvalue weighted by atomic mass is 10.1. The molecule has 1 aromatic carbocycles. The zero-order valence-corrected chi connectivity index (χ0v) is 12.2. The van der Waals surface area contributed by atoms with Crippen LogP contribution in [-0.2, 0) is 6.42 Å². The number of benzene rings is 1. The first-order valence-corrected chi connectivity index (χ1v) is 6.78. The maximum Gasteiger partial charge on any atom is 0.0000918 e. The highest BCUT2D eigenvalue weighted by Crippen LogP contribution is 2.04. The summed E-state index contributed by atoms with van der Waals surface area (Å²) >= 11 is 0. The topological polar surface area (TPSA) is 3.24 Å². The molecular weight excluding hydrogens is 206 g/mol. The molecule has 0 radical (unpaired) electrons. The van der Waals surface area contributed by atoms with E-state index in [4.69, 9.17) is 0 Å². The second kappa shape index (κ2) is 10.3. The van der Waals surface area contributed by atoms with Crippen LogP contribution in [0.5, 0.6) is 0 Å². The minimum atomic E-state index is 0.866. The van der Waals surface area contributed by atoms with Crippen LogP contribution in [0.4, 0.5) is 0 Å². The van der Waals surface area contributed by atoms with E-state index >= 15 is 0 Å². The van der Waals surface area contributed by atoms with Crippen molar-refractivity contribution in [2.45, 2.75) is 40.0 Å². The van der Waals surface area contributed by atoms with Crippen molar-refractivity contribution >= 4 is 0 Å². The molecule has 98 valence electrons. The molecule has 1 atom stereocenters. The first kappa shape index (κ1) is 16.2. The van der Waals surface area contributed by atoms with Crippen molar-refractivity contribution in [3.8, 4) is 0 Å². The maximum absolute atomic E-state index is 2.31. The van der Waals surface area contributed by atoms with E-state index in [1.165, 1.54) is 24.9 Å². The molecule has 0 aliphatic carbocycles. The minimum Gasteiger partial charge on any atom is -0.309 e. The lowest BCUT2D eigenvalue weighted by molar-refractivity contribution is 0.326. The Balaban J connectivity index is 0.000000302. The second-order valence-corrected chi connectivity index (χ2v) is 5.00. The van der Waals surface area contributed by atoms with Crippen LogP contribution < -0.4 is 0 Å². The smallest absolute Gasteiger partial charge is 0.0000918 e. The Bertz CT molecular complexity index is 253. The fraction of sp³-hybridized carbons (Fsp3) is 0.625. The fourth-order valence-corrected chi connectivity index (χ4v) is 1.92. The van der Waals surface area contributed by atoms with E-state index in [1.807, 2.05) is 6.07 Å². The van der Waals surface area contributed by atoms with Gasteiger partial charge in [-0.3, -0.25) is 0 Å². The zero-order valence-electron chi connectivity index (χ0n) is 12.2. The van der Waals surface area contributed by atoms with Gasteiger partial charge in [0.2, 0.25) is 0 Å². The predicted octanol–water partition coefficient (Wildman–Crippen LogP) is 4.23. The van der Waals surface area contributed by atoms with Crippen molar-refractivity contribution in [2.75, 3.05) is 20.6 Å². The Kier molecular flexibility index (Phi) is 9.84. The normalized spacial score (nSPS) is 11.9. The van der Waals surface area contributed by atoms with Crippen molar-refractivity contribution < 1.29 is 0 Å². The van der Waals surface area contributed by atoms with Crippen molar-refractivity contribution in [1.82, 2.24) is 4.90 Å². The molecule has 1 nitrogen and oxygen atoms in total. The van der Waals surface area contributed by atoms with Gasteiger partial charge in [-0.25, -0.2) is 0 Å². The summed E-state index contributed by atoms with van der Waals surface area (Å²) < 4.78 is 0. The molecule has 0 aromatic heterocycles. The van der Waals surface area contributed by atoms with E-state index in [1.54, 1.807) is 0 Å². The summed E-state index contributed by atoms with van der Waals surface area (Å²) in [5, 5.41) is 0. The van der Waals surface area contributed by atoms with E-state index in [0.29, 0.717) is 0 Å². The van der Waals surface area contributed by atoms with Crippen molar-refractivity contribution in [3.05, 3.63) is 35.9 Å². The van der Waals surface area contributed by atoms with Crippen LogP contribution in [0, 0.1) is 5.92 Å². The standard InChI is InChI=1S/C8H19N.C8H10/c1-5-6-8(2)7-9(3)4;1-2-8-6-4-3-5-7-8/h8H,5-7H2,1-4H3;3-7H,2H2,1H3. The number of hydrogen-bond acceptors (Lipinski definition) is 1. The Hall–Kier alpha value is -0.820. The van der Waals surface area contributed by atoms with Gasteiger partial charge >= 0.3 is 0 Å². The van der Waals surface area contributed by atoms with Gasteiger partial charge in [0.25, 0.3) is 0 Å². The molecule has 1 rings (SSSR count). The molecule has 0 heterocycles. The minimum absolute atomic E-state index is 0.866. The van der Waals surface area contributed by atoms with Crippen LogP contribution >= 0.6 is 0 Å². The van der Waals surface area contributed by atoms with Crippen LogP contribution in [0.1, 0.15) is 39.2 Å². The third-order valence-corrected chi connectivity index (χ3v) is 2.71. The zero-order chi connectivity index (χ0) is 13.1. The van der Waals surface area contributed by atoms with Gasteiger partial charge in [-0.05, 0) is 38.4 Å². The van der Waals surface area contributed by atoms with Gasteiger partial charge < -0.3 is 4.90 Å². The van der Waals surface area contributed by atoms with Crippen LogP contribution in [0.3, 0.4) is 0 Å². The fourth-order valence-electron chi connectivity index (χ4n) is 1.92. The summed E-state index contributed by atoms with van der Waals surface area (Å²) in [7, 11) is 4.26. The lowest BCUT2D eigenvalue weighted by Gasteiger charge is -2.15. The van der Waals surface area contributed by atoms with Crippen LogP contribution in [-0.4, -0.2) is 25.5 Å². The van der Waals surface area contributed by atoms with Crippen molar-refractivity contribution in [1.29, 1.82) is 0 Å². The second-order valence-electron chi connectivity index (χ2n) is 5.00. The highest BCUT2D eigenvalue weighted by molar-refractivity contribution is 5.13. The maximum atomic E-state index is 2.31. The van der Waals surface area contributed by atoms with Gasteiger partial charge in [0.15, 0.2) is 0 Å². The van der Waals surface area contributed by atoms with E-state index in [9.17, 15) is 0 Å². The highest BCUT2D eigenvalue weighted by Gasteiger charge is 1.99. The van der Waals surface area contributed by atoms with Gasteiger partial charge in [-0.15, -0.1) is 0 Å².